The first kappa shape index (κ1) is 17.9. The molecule has 0 unspecified atom stereocenters. The Morgan fingerprint density at radius 2 is 1.11 bits per heavy atom. The van der Waals surface area contributed by atoms with E-state index in [1.54, 1.807) is 12.1 Å². The molecule has 6 nitrogen and oxygen atoms in total. The molecule has 0 spiro atoms. The van der Waals surface area contributed by atoms with Gasteiger partial charge in [-0.2, -0.15) is 0 Å². The van der Waals surface area contributed by atoms with Crippen molar-refractivity contribution in [3.05, 3.63) is 89.7 Å². The fourth-order valence-electron chi connectivity index (χ4n) is 2.18. The Hall–Kier alpha value is -3.87. The average molecular weight is 366 g/mol. The number of aromatic hydroxyl groups is 1. The third kappa shape index (κ3) is 4.82. The van der Waals surface area contributed by atoms with Gasteiger partial charge in [0.25, 0.3) is 11.8 Å². The maximum Gasteiger partial charge on any atom is 0.269 e. The lowest BCUT2D eigenvalue weighted by Gasteiger charge is -2.09. The molecule has 0 bridgehead atoms. The number of nitrogens with one attached hydrogen (secondary N) is 2. The van der Waals surface area contributed by atoms with E-state index in [9.17, 15) is 19.1 Å². The first-order valence-corrected chi connectivity index (χ1v) is 7.94. The molecule has 0 radical (unpaired) electrons. The first-order valence-electron chi connectivity index (χ1n) is 7.94. The zero-order valence-electron chi connectivity index (χ0n) is 14.0. The lowest BCUT2D eigenvalue weighted by Crippen LogP contribution is -2.41. The van der Waals surface area contributed by atoms with Crippen LogP contribution in [0.1, 0.15) is 20.7 Å². The number of carbonyl (C=O) groups excluding carboxylic acids is 2. The molecule has 0 aromatic heterocycles. The highest BCUT2D eigenvalue weighted by molar-refractivity contribution is 5.99. The standard InChI is InChI=1S/C20H15FN2O4/c21-15-5-11-18(12-6-15)27-17-9-3-14(4-10-17)20(26)23-22-19(25)13-1-7-16(24)8-2-13/h1-12,24H,(H,22,25)(H,23,26). The van der Waals surface area contributed by atoms with Crippen LogP contribution in [0.15, 0.2) is 72.8 Å². The van der Waals surface area contributed by atoms with Crippen LogP contribution in [0.3, 0.4) is 0 Å². The van der Waals surface area contributed by atoms with Gasteiger partial charge in [-0.05, 0) is 72.8 Å². The Balaban J connectivity index is 1.56. The average Bonchev–Trinajstić information content (AvgIpc) is 2.69. The fourth-order valence-corrected chi connectivity index (χ4v) is 2.18. The summed E-state index contributed by atoms with van der Waals surface area (Å²) in [6.45, 7) is 0. The molecule has 3 N–H and O–H groups in total. The monoisotopic (exact) mass is 366 g/mol. The maximum absolute atomic E-state index is 12.9. The van der Waals surface area contributed by atoms with Crippen LogP contribution in [0.2, 0.25) is 0 Å². The SMILES string of the molecule is O=C(NNC(=O)c1ccc(Oc2ccc(F)cc2)cc1)c1ccc(O)cc1. The molecule has 0 fully saturated rings. The molecule has 0 saturated heterocycles. The van der Waals surface area contributed by atoms with Crippen molar-refractivity contribution in [1.82, 2.24) is 10.9 Å². The van der Waals surface area contributed by atoms with E-state index in [-0.39, 0.29) is 17.1 Å². The third-order valence-corrected chi connectivity index (χ3v) is 3.58. The van der Waals surface area contributed by atoms with Crippen LogP contribution in [0.25, 0.3) is 0 Å². The molecule has 27 heavy (non-hydrogen) atoms. The summed E-state index contributed by atoms with van der Waals surface area (Å²) >= 11 is 0. The Bertz CT molecular complexity index is 939. The predicted molar refractivity (Wildman–Crippen MR) is 96.0 cm³/mol. The van der Waals surface area contributed by atoms with E-state index in [0.29, 0.717) is 17.1 Å². The third-order valence-electron chi connectivity index (χ3n) is 3.58. The number of ether oxygens (including phenoxy) is 1. The molecule has 0 aliphatic heterocycles. The van der Waals surface area contributed by atoms with E-state index in [1.165, 1.54) is 60.7 Å². The molecule has 3 rings (SSSR count). The van der Waals surface area contributed by atoms with Gasteiger partial charge in [-0.3, -0.25) is 20.4 Å². The topological polar surface area (TPSA) is 87.7 Å². The molecule has 0 heterocycles. The summed E-state index contributed by atoms with van der Waals surface area (Å²) in [6, 6.07) is 17.4. The minimum Gasteiger partial charge on any atom is -0.508 e. The Labute approximate surface area is 154 Å². The Kier molecular flexibility index (Phi) is 5.32. The van der Waals surface area contributed by atoms with Gasteiger partial charge in [-0.15, -0.1) is 0 Å². The number of phenolic OH excluding ortho intramolecular Hbond substituents is 1. The number of hydrogen-bond acceptors (Lipinski definition) is 4. The molecule has 136 valence electrons. The summed E-state index contributed by atoms with van der Waals surface area (Å²) in [6.07, 6.45) is 0. The van der Waals surface area contributed by atoms with Gasteiger partial charge < -0.3 is 9.84 Å². The number of amides is 2. The van der Waals surface area contributed by atoms with Crippen LogP contribution < -0.4 is 15.6 Å². The number of benzene rings is 3. The van der Waals surface area contributed by atoms with Gasteiger partial charge >= 0.3 is 0 Å². The van der Waals surface area contributed by atoms with Gasteiger partial charge in [0, 0.05) is 11.1 Å². The molecular formula is C20H15FN2O4. The van der Waals surface area contributed by atoms with Crippen LogP contribution in [0.5, 0.6) is 17.2 Å². The van der Waals surface area contributed by atoms with Gasteiger partial charge in [0.1, 0.15) is 23.1 Å². The highest BCUT2D eigenvalue weighted by atomic mass is 19.1. The van der Waals surface area contributed by atoms with Crippen molar-refractivity contribution in [2.24, 2.45) is 0 Å². The van der Waals surface area contributed by atoms with E-state index in [0.717, 1.165) is 0 Å². The zero-order valence-corrected chi connectivity index (χ0v) is 14.0. The van der Waals surface area contributed by atoms with Crippen LogP contribution in [-0.4, -0.2) is 16.9 Å². The summed E-state index contributed by atoms with van der Waals surface area (Å²) in [5, 5.41) is 9.20. The predicted octanol–water partition coefficient (Wildman–Crippen LogP) is 3.40. The second-order valence-electron chi connectivity index (χ2n) is 5.54. The van der Waals surface area contributed by atoms with Gasteiger partial charge in [0.05, 0.1) is 0 Å². The van der Waals surface area contributed by atoms with Gasteiger partial charge in [0.2, 0.25) is 0 Å². The lowest BCUT2D eigenvalue weighted by atomic mass is 10.2. The number of halogens is 1. The summed E-state index contributed by atoms with van der Waals surface area (Å²) in [5.41, 5.74) is 5.19. The van der Waals surface area contributed by atoms with Crippen molar-refractivity contribution in [3.63, 3.8) is 0 Å². The molecule has 3 aromatic carbocycles. The molecule has 2 amide bonds. The number of hydrazine groups is 1. The van der Waals surface area contributed by atoms with E-state index < -0.39 is 11.8 Å². The highest BCUT2D eigenvalue weighted by Gasteiger charge is 2.09. The molecule has 0 aliphatic rings. The summed E-state index contributed by atoms with van der Waals surface area (Å²) in [7, 11) is 0. The summed E-state index contributed by atoms with van der Waals surface area (Å²) in [5.74, 6) is -0.390. The Morgan fingerprint density at radius 1 is 0.704 bits per heavy atom. The largest absolute Gasteiger partial charge is 0.508 e. The zero-order chi connectivity index (χ0) is 19.2. The van der Waals surface area contributed by atoms with Crippen molar-refractivity contribution >= 4 is 11.8 Å². The highest BCUT2D eigenvalue weighted by Crippen LogP contribution is 2.21. The number of carbonyl (C=O) groups is 2. The number of phenols is 1. The van der Waals surface area contributed by atoms with Crippen LogP contribution in [0, 0.1) is 5.82 Å². The van der Waals surface area contributed by atoms with E-state index in [1.807, 2.05) is 0 Å². The fraction of sp³-hybridized carbons (Fsp3) is 0. The van der Waals surface area contributed by atoms with Crippen molar-refractivity contribution in [1.29, 1.82) is 0 Å². The second kappa shape index (κ2) is 8.01. The molecular weight excluding hydrogens is 351 g/mol. The van der Waals surface area contributed by atoms with E-state index >= 15 is 0 Å². The second-order valence-corrected chi connectivity index (χ2v) is 5.54. The van der Waals surface area contributed by atoms with E-state index in [4.69, 9.17) is 4.74 Å². The van der Waals surface area contributed by atoms with Crippen molar-refractivity contribution in [3.8, 4) is 17.2 Å². The van der Waals surface area contributed by atoms with Gasteiger partial charge in [-0.25, -0.2) is 4.39 Å². The first-order chi connectivity index (χ1) is 13.0. The number of hydrogen-bond donors (Lipinski definition) is 3. The number of rotatable bonds is 4. The van der Waals surface area contributed by atoms with Gasteiger partial charge in [0.15, 0.2) is 0 Å². The van der Waals surface area contributed by atoms with Gasteiger partial charge in [-0.1, -0.05) is 0 Å². The molecule has 0 saturated carbocycles. The maximum atomic E-state index is 12.9. The minimum absolute atomic E-state index is 0.0403. The summed E-state index contributed by atoms with van der Waals surface area (Å²) < 4.78 is 18.4. The quantitative estimate of drug-likeness (QED) is 0.618. The van der Waals surface area contributed by atoms with Crippen molar-refractivity contribution < 1.29 is 23.8 Å². The minimum atomic E-state index is -0.514. The molecule has 0 atom stereocenters. The molecule has 3 aromatic rings. The molecule has 0 aliphatic carbocycles. The molecule has 7 heteroatoms. The van der Waals surface area contributed by atoms with Crippen molar-refractivity contribution in [2.75, 3.05) is 0 Å². The van der Waals surface area contributed by atoms with Crippen LogP contribution in [-0.2, 0) is 0 Å². The normalized spacial score (nSPS) is 10.1. The Morgan fingerprint density at radius 3 is 1.59 bits per heavy atom. The smallest absolute Gasteiger partial charge is 0.269 e. The van der Waals surface area contributed by atoms with E-state index in [2.05, 4.69) is 10.9 Å². The van der Waals surface area contributed by atoms with Crippen LogP contribution >= 0.6 is 0 Å². The lowest BCUT2D eigenvalue weighted by molar-refractivity contribution is 0.0846. The van der Waals surface area contributed by atoms with Crippen LogP contribution in [0.4, 0.5) is 4.39 Å². The summed E-state index contributed by atoms with van der Waals surface area (Å²) in [4.78, 5) is 24.0. The van der Waals surface area contributed by atoms with Crippen molar-refractivity contribution in [2.45, 2.75) is 0 Å².